The van der Waals surface area contributed by atoms with Crippen LogP contribution >= 0.6 is 0 Å². The third-order valence-electron chi connectivity index (χ3n) is 6.48. The zero-order chi connectivity index (χ0) is 25.6. The van der Waals surface area contributed by atoms with Crippen molar-refractivity contribution in [3.05, 3.63) is 48.3 Å². The molecule has 5 rings (SSSR count). The lowest BCUT2D eigenvalue weighted by Gasteiger charge is -2.35. The van der Waals surface area contributed by atoms with Gasteiger partial charge in [0.1, 0.15) is 6.17 Å². The van der Waals surface area contributed by atoms with Crippen LogP contribution in [0.3, 0.4) is 0 Å². The highest BCUT2D eigenvalue weighted by Crippen LogP contribution is 2.45. The Morgan fingerprint density at radius 2 is 1.92 bits per heavy atom. The molecule has 8 nitrogen and oxygen atoms in total. The number of rotatable bonds is 6. The summed E-state index contributed by atoms with van der Waals surface area (Å²) in [6.07, 6.45) is -0.845. The number of hydrogen-bond donors (Lipinski definition) is 2. The van der Waals surface area contributed by atoms with Gasteiger partial charge in [-0.2, -0.15) is 13.2 Å². The molecule has 0 spiro atoms. The number of nitrogens with zero attached hydrogens (tertiary/aromatic N) is 5. The lowest BCUT2D eigenvalue weighted by Crippen LogP contribution is -2.48. The SMILES string of the molecule is C=CC(=O)Nc1cc2nc(N3C[C@H](F)C[C@@H](Nc4ncc(C(F)(F)F)cn4)C3)n(C)c2cc1C1CC1. The number of benzene rings is 1. The zero-order valence-corrected chi connectivity index (χ0v) is 19.5. The van der Waals surface area contributed by atoms with E-state index in [1.165, 1.54) is 6.08 Å². The van der Waals surface area contributed by atoms with Crippen molar-refractivity contribution in [2.45, 2.75) is 43.6 Å². The molecule has 2 N–H and O–H groups in total. The van der Waals surface area contributed by atoms with E-state index >= 15 is 0 Å². The van der Waals surface area contributed by atoms with Crippen molar-refractivity contribution in [2.24, 2.45) is 7.05 Å². The van der Waals surface area contributed by atoms with Crippen LogP contribution in [0.25, 0.3) is 11.0 Å². The van der Waals surface area contributed by atoms with Gasteiger partial charge in [-0.1, -0.05) is 6.58 Å². The number of imidazole rings is 1. The molecule has 3 aromatic rings. The molecule has 1 saturated heterocycles. The Bertz CT molecular complexity index is 1300. The van der Waals surface area contributed by atoms with Gasteiger partial charge in [0, 0.05) is 44.1 Å². The van der Waals surface area contributed by atoms with Gasteiger partial charge in [0.2, 0.25) is 17.8 Å². The van der Waals surface area contributed by atoms with Crippen molar-refractivity contribution < 1.29 is 22.4 Å². The van der Waals surface area contributed by atoms with Crippen molar-refractivity contribution in [1.82, 2.24) is 19.5 Å². The Hall–Kier alpha value is -3.70. The number of hydrogen-bond acceptors (Lipinski definition) is 6. The summed E-state index contributed by atoms with van der Waals surface area (Å²) in [5.74, 6) is 0.628. The highest BCUT2D eigenvalue weighted by molar-refractivity contribution is 6.01. The van der Waals surface area contributed by atoms with Crippen molar-refractivity contribution in [3.63, 3.8) is 0 Å². The van der Waals surface area contributed by atoms with Gasteiger partial charge in [-0.25, -0.2) is 19.3 Å². The first kappa shape index (κ1) is 24.0. The average molecular weight is 504 g/mol. The van der Waals surface area contributed by atoms with E-state index in [2.05, 4.69) is 27.2 Å². The Morgan fingerprint density at radius 1 is 1.19 bits per heavy atom. The molecule has 0 radical (unpaired) electrons. The molecular weight excluding hydrogens is 478 g/mol. The smallest absolute Gasteiger partial charge is 0.350 e. The first-order valence-electron chi connectivity index (χ1n) is 11.6. The molecule has 1 aliphatic heterocycles. The zero-order valence-electron chi connectivity index (χ0n) is 19.5. The normalized spacial score (nSPS) is 20.4. The third kappa shape index (κ3) is 4.84. The molecule has 36 heavy (non-hydrogen) atoms. The van der Waals surface area contributed by atoms with E-state index in [1.807, 2.05) is 23.7 Å². The van der Waals surface area contributed by atoms with E-state index in [-0.39, 0.29) is 24.8 Å². The standard InChI is InChI=1S/C24H25F4N7O/c1-3-21(36)32-18-8-19-20(7-17(18)13-4-5-13)34(2)23(33-19)35-11-15(25)6-16(12-35)31-22-29-9-14(10-30-22)24(26,27)28/h3,7-10,13,15-16H,1,4-6,11-12H2,2H3,(H,32,36)(H,29,30,31)/t15-,16-/m1/s1. The summed E-state index contributed by atoms with van der Waals surface area (Å²) in [5, 5.41) is 5.81. The molecule has 190 valence electrons. The minimum absolute atomic E-state index is 0.00345. The van der Waals surface area contributed by atoms with Crippen molar-refractivity contribution >= 4 is 34.5 Å². The number of carbonyl (C=O) groups is 1. The number of aryl methyl sites for hydroxylation is 1. The van der Waals surface area contributed by atoms with Gasteiger partial charge >= 0.3 is 6.18 Å². The van der Waals surface area contributed by atoms with Crippen LogP contribution in [0.15, 0.2) is 37.2 Å². The maximum Gasteiger partial charge on any atom is 0.419 e. The largest absolute Gasteiger partial charge is 0.419 e. The van der Waals surface area contributed by atoms with Crippen LogP contribution in [0, 0.1) is 0 Å². The summed E-state index contributed by atoms with van der Waals surface area (Å²) in [5.41, 5.74) is 2.30. The number of halogens is 4. The van der Waals surface area contributed by atoms with E-state index in [9.17, 15) is 22.4 Å². The fraction of sp³-hybridized carbons (Fsp3) is 0.417. The minimum atomic E-state index is -4.53. The molecule has 0 unspecified atom stereocenters. The van der Waals surface area contributed by atoms with Gasteiger partial charge in [0.15, 0.2) is 0 Å². The first-order chi connectivity index (χ1) is 17.1. The summed E-state index contributed by atoms with van der Waals surface area (Å²) >= 11 is 0. The topological polar surface area (TPSA) is 88.0 Å². The summed E-state index contributed by atoms with van der Waals surface area (Å²) < 4.78 is 55.0. The Kier molecular flexibility index (Phi) is 6.05. The second-order valence-corrected chi connectivity index (χ2v) is 9.24. The van der Waals surface area contributed by atoms with E-state index in [0.717, 1.165) is 23.9 Å². The van der Waals surface area contributed by atoms with Gasteiger partial charge in [0.25, 0.3) is 0 Å². The molecule has 1 aromatic carbocycles. The number of nitrogens with one attached hydrogen (secondary N) is 2. The first-order valence-corrected chi connectivity index (χ1v) is 11.6. The van der Waals surface area contributed by atoms with Crippen LogP contribution in [0.2, 0.25) is 0 Å². The lowest BCUT2D eigenvalue weighted by molar-refractivity contribution is -0.138. The van der Waals surface area contributed by atoms with Gasteiger partial charge in [0.05, 0.1) is 23.1 Å². The minimum Gasteiger partial charge on any atom is -0.350 e. The second-order valence-electron chi connectivity index (χ2n) is 9.24. The molecule has 2 aliphatic rings. The van der Waals surface area contributed by atoms with Crippen LogP contribution in [0.1, 0.15) is 36.3 Å². The quantitative estimate of drug-likeness (QED) is 0.383. The number of fused-ring (bicyclic) bond motifs is 1. The van der Waals surface area contributed by atoms with Crippen molar-refractivity contribution in [3.8, 4) is 0 Å². The summed E-state index contributed by atoms with van der Waals surface area (Å²) in [7, 11) is 1.85. The van der Waals surface area contributed by atoms with Gasteiger partial charge in [-0.15, -0.1) is 0 Å². The maximum absolute atomic E-state index is 14.7. The number of alkyl halides is 4. The molecule has 3 heterocycles. The van der Waals surface area contributed by atoms with E-state index in [4.69, 9.17) is 4.98 Å². The second kappa shape index (κ2) is 9.07. The summed E-state index contributed by atoms with van der Waals surface area (Å²) in [6.45, 7) is 3.99. The average Bonchev–Trinajstić information content (AvgIpc) is 3.62. The number of carbonyl (C=O) groups excluding carboxylic acids is 1. The Balaban J connectivity index is 1.40. The number of piperidine rings is 1. The number of amides is 1. The van der Waals surface area contributed by atoms with Crippen LogP contribution in [-0.4, -0.2) is 50.7 Å². The fourth-order valence-electron chi connectivity index (χ4n) is 4.59. The molecule has 1 amide bonds. The lowest BCUT2D eigenvalue weighted by atomic mass is 10.0. The number of anilines is 3. The van der Waals surface area contributed by atoms with Gasteiger partial charge in [-0.3, -0.25) is 4.79 Å². The van der Waals surface area contributed by atoms with Crippen LogP contribution in [-0.2, 0) is 18.0 Å². The maximum atomic E-state index is 14.7. The van der Waals surface area contributed by atoms with E-state index in [0.29, 0.717) is 42.0 Å². The fourth-order valence-corrected chi connectivity index (χ4v) is 4.59. The Labute approximate surface area is 204 Å². The number of aromatic nitrogens is 4. The van der Waals surface area contributed by atoms with Crippen LogP contribution < -0.4 is 15.5 Å². The molecule has 2 atom stereocenters. The summed E-state index contributed by atoms with van der Waals surface area (Å²) in [4.78, 5) is 26.0. The molecule has 2 fully saturated rings. The van der Waals surface area contributed by atoms with Crippen LogP contribution in [0.5, 0.6) is 0 Å². The predicted octanol–water partition coefficient (Wildman–Crippen LogP) is 4.41. The monoisotopic (exact) mass is 503 g/mol. The third-order valence-corrected chi connectivity index (χ3v) is 6.48. The van der Waals surface area contributed by atoms with Crippen molar-refractivity contribution in [2.75, 3.05) is 28.6 Å². The van der Waals surface area contributed by atoms with Gasteiger partial charge < -0.3 is 20.1 Å². The van der Waals surface area contributed by atoms with E-state index in [1.54, 1.807) is 4.90 Å². The Morgan fingerprint density at radius 3 is 2.56 bits per heavy atom. The molecule has 0 bridgehead atoms. The molecule has 12 heteroatoms. The molecular formula is C24H25F4N7O. The van der Waals surface area contributed by atoms with Crippen LogP contribution in [0.4, 0.5) is 35.1 Å². The van der Waals surface area contributed by atoms with Gasteiger partial charge in [-0.05, 0) is 42.5 Å². The highest BCUT2D eigenvalue weighted by atomic mass is 19.4. The predicted molar refractivity (Wildman–Crippen MR) is 128 cm³/mol. The molecule has 1 aliphatic carbocycles. The molecule has 1 saturated carbocycles. The van der Waals surface area contributed by atoms with E-state index < -0.39 is 24.0 Å². The van der Waals surface area contributed by atoms with Crippen molar-refractivity contribution in [1.29, 1.82) is 0 Å². The highest BCUT2D eigenvalue weighted by Gasteiger charge is 2.33. The summed E-state index contributed by atoms with van der Waals surface area (Å²) in [6, 6.07) is 3.41. The molecule has 2 aromatic heterocycles.